The molecule has 1 atom stereocenters. The van der Waals surface area contributed by atoms with E-state index in [0.29, 0.717) is 5.56 Å². The van der Waals surface area contributed by atoms with Gasteiger partial charge in [-0.15, -0.1) is 0 Å². The van der Waals surface area contributed by atoms with Gasteiger partial charge in [0.1, 0.15) is 5.75 Å². The monoisotopic (exact) mass is 348 g/mol. The zero-order chi connectivity index (χ0) is 18.7. The third-order valence-electron chi connectivity index (χ3n) is 4.72. The van der Waals surface area contributed by atoms with E-state index in [0.717, 1.165) is 39.9 Å². The topological polar surface area (TPSA) is 51.2 Å². The molecule has 1 aromatic heterocycles. The fourth-order valence-electron chi connectivity index (χ4n) is 3.03. The van der Waals surface area contributed by atoms with E-state index in [1.54, 1.807) is 7.11 Å². The van der Waals surface area contributed by atoms with Crippen LogP contribution in [0.1, 0.15) is 36.2 Å². The summed E-state index contributed by atoms with van der Waals surface area (Å²) in [5.41, 5.74) is 4.18. The molecule has 0 saturated heterocycles. The summed E-state index contributed by atoms with van der Waals surface area (Å²) in [6, 6.07) is 15.7. The Morgan fingerprint density at radius 1 is 1.15 bits per heavy atom. The van der Waals surface area contributed by atoms with Crippen LogP contribution in [0.5, 0.6) is 5.75 Å². The van der Waals surface area contributed by atoms with Gasteiger partial charge >= 0.3 is 0 Å². The van der Waals surface area contributed by atoms with Gasteiger partial charge in [0.2, 0.25) is 0 Å². The van der Waals surface area contributed by atoms with Gasteiger partial charge in [0.25, 0.3) is 5.91 Å². The van der Waals surface area contributed by atoms with Crippen LogP contribution >= 0.6 is 0 Å². The lowest BCUT2D eigenvalue weighted by Crippen LogP contribution is -2.32. The zero-order valence-electron chi connectivity index (χ0n) is 15.7. The molecule has 1 heterocycles. The number of para-hydroxylation sites is 1. The van der Waals surface area contributed by atoms with Gasteiger partial charge in [-0.1, -0.05) is 25.1 Å². The lowest BCUT2D eigenvalue weighted by atomic mass is 9.97. The van der Waals surface area contributed by atoms with E-state index in [2.05, 4.69) is 12.2 Å². The number of hydrogen-bond donors (Lipinski definition) is 1. The molecule has 0 saturated carbocycles. The van der Waals surface area contributed by atoms with Crippen LogP contribution in [0.3, 0.4) is 0 Å². The first-order valence-corrected chi connectivity index (χ1v) is 8.89. The smallest absolute Gasteiger partial charge is 0.252 e. The van der Waals surface area contributed by atoms with Crippen LogP contribution < -0.4 is 10.1 Å². The molecule has 1 unspecified atom stereocenters. The van der Waals surface area contributed by atoms with Crippen LogP contribution in [0.4, 0.5) is 0 Å². The number of nitrogens with zero attached hydrogens (tertiary/aromatic N) is 1. The molecule has 4 nitrogen and oxygen atoms in total. The van der Waals surface area contributed by atoms with Crippen molar-refractivity contribution in [2.24, 2.45) is 0 Å². The van der Waals surface area contributed by atoms with Crippen molar-refractivity contribution in [2.45, 2.75) is 33.2 Å². The first-order valence-electron chi connectivity index (χ1n) is 8.89. The minimum absolute atomic E-state index is 0.0507. The number of hydrogen-bond acceptors (Lipinski definition) is 3. The molecule has 0 bridgehead atoms. The third kappa shape index (κ3) is 3.40. The van der Waals surface area contributed by atoms with E-state index >= 15 is 0 Å². The molecule has 0 spiro atoms. The molecule has 4 heteroatoms. The van der Waals surface area contributed by atoms with Crippen LogP contribution in [-0.4, -0.2) is 24.0 Å². The van der Waals surface area contributed by atoms with Gasteiger partial charge in [-0.2, -0.15) is 0 Å². The molecule has 0 radical (unpaired) electrons. The third-order valence-corrected chi connectivity index (χ3v) is 4.72. The average molecular weight is 348 g/mol. The summed E-state index contributed by atoms with van der Waals surface area (Å²) in [6.07, 6.45) is 0.888. The Bertz CT molecular complexity index is 933. The summed E-state index contributed by atoms with van der Waals surface area (Å²) in [4.78, 5) is 17.8. The van der Waals surface area contributed by atoms with E-state index < -0.39 is 0 Å². The summed E-state index contributed by atoms with van der Waals surface area (Å²) in [5.74, 6) is 0.743. The van der Waals surface area contributed by atoms with Crippen molar-refractivity contribution in [3.63, 3.8) is 0 Å². The normalized spacial score (nSPS) is 12.0. The van der Waals surface area contributed by atoms with Gasteiger partial charge in [-0.3, -0.25) is 4.79 Å². The summed E-state index contributed by atoms with van der Waals surface area (Å²) < 4.78 is 5.24. The molecule has 3 aromatic rings. The molecule has 0 aliphatic carbocycles. The second-order valence-corrected chi connectivity index (χ2v) is 6.49. The Labute approximate surface area is 154 Å². The number of ether oxygens (including phenoxy) is 1. The first kappa shape index (κ1) is 17.9. The molecule has 2 aromatic carbocycles. The Hall–Kier alpha value is -2.88. The minimum atomic E-state index is -0.0507. The van der Waals surface area contributed by atoms with Gasteiger partial charge in [0, 0.05) is 17.0 Å². The number of fused-ring (bicyclic) bond motifs is 1. The largest absolute Gasteiger partial charge is 0.497 e. The fraction of sp³-hybridized carbons (Fsp3) is 0.273. The number of pyridine rings is 1. The van der Waals surface area contributed by atoms with Crippen LogP contribution in [0.2, 0.25) is 0 Å². The Morgan fingerprint density at radius 3 is 2.50 bits per heavy atom. The van der Waals surface area contributed by atoms with Crippen molar-refractivity contribution in [1.82, 2.24) is 10.3 Å². The van der Waals surface area contributed by atoms with E-state index in [9.17, 15) is 4.79 Å². The number of nitrogens with one attached hydrogen (secondary N) is 1. The standard InChI is InChI=1S/C22H24N2O2/c1-5-14(2)23-22(25)20-15(3)21(16-10-12-17(26-4)13-11-16)24-19-9-7-6-8-18(19)20/h6-14H,5H2,1-4H3,(H,23,25). The Morgan fingerprint density at radius 2 is 1.85 bits per heavy atom. The van der Waals surface area contributed by atoms with Crippen molar-refractivity contribution in [2.75, 3.05) is 7.11 Å². The number of rotatable bonds is 5. The molecule has 1 amide bonds. The van der Waals surface area contributed by atoms with Crippen LogP contribution in [0, 0.1) is 6.92 Å². The lowest BCUT2D eigenvalue weighted by molar-refractivity contribution is 0.0940. The Balaban J connectivity index is 2.18. The van der Waals surface area contributed by atoms with Gasteiger partial charge in [-0.25, -0.2) is 4.98 Å². The second-order valence-electron chi connectivity index (χ2n) is 6.49. The van der Waals surface area contributed by atoms with E-state index in [-0.39, 0.29) is 11.9 Å². The van der Waals surface area contributed by atoms with E-state index in [4.69, 9.17) is 9.72 Å². The van der Waals surface area contributed by atoms with Crippen molar-refractivity contribution in [1.29, 1.82) is 0 Å². The maximum Gasteiger partial charge on any atom is 0.252 e. The molecule has 134 valence electrons. The molecular formula is C22H24N2O2. The summed E-state index contributed by atoms with van der Waals surface area (Å²) in [7, 11) is 1.64. The highest BCUT2D eigenvalue weighted by molar-refractivity contribution is 6.09. The molecule has 0 fully saturated rings. The molecule has 0 aliphatic rings. The highest BCUT2D eigenvalue weighted by Gasteiger charge is 2.19. The van der Waals surface area contributed by atoms with Crippen LogP contribution in [0.25, 0.3) is 22.2 Å². The maximum absolute atomic E-state index is 13.0. The van der Waals surface area contributed by atoms with Crippen molar-refractivity contribution in [3.8, 4) is 17.0 Å². The van der Waals surface area contributed by atoms with Crippen LogP contribution in [0.15, 0.2) is 48.5 Å². The molecule has 3 rings (SSSR count). The van der Waals surface area contributed by atoms with Gasteiger partial charge in [-0.05, 0) is 56.2 Å². The Kier molecular flexibility index (Phi) is 5.21. The number of carbonyl (C=O) groups is 1. The number of benzene rings is 2. The second kappa shape index (κ2) is 7.56. The van der Waals surface area contributed by atoms with Crippen LogP contribution in [-0.2, 0) is 0 Å². The molecule has 0 aliphatic heterocycles. The summed E-state index contributed by atoms with van der Waals surface area (Å²) in [5, 5.41) is 3.97. The number of methoxy groups -OCH3 is 1. The molecule has 26 heavy (non-hydrogen) atoms. The molecule has 1 N–H and O–H groups in total. The highest BCUT2D eigenvalue weighted by atomic mass is 16.5. The highest BCUT2D eigenvalue weighted by Crippen LogP contribution is 2.30. The first-order chi connectivity index (χ1) is 12.5. The minimum Gasteiger partial charge on any atom is -0.497 e. The van der Waals surface area contributed by atoms with Crippen molar-refractivity contribution >= 4 is 16.8 Å². The summed E-state index contributed by atoms with van der Waals surface area (Å²) >= 11 is 0. The van der Waals surface area contributed by atoms with E-state index in [1.807, 2.05) is 62.4 Å². The fourth-order valence-corrected chi connectivity index (χ4v) is 3.03. The lowest BCUT2D eigenvalue weighted by Gasteiger charge is -2.17. The quantitative estimate of drug-likeness (QED) is 0.724. The van der Waals surface area contributed by atoms with Crippen molar-refractivity contribution < 1.29 is 9.53 Å². The average Bonchev–Trinajstić information content (AvgIpc) is 2.67. The van der Waals surface area contributed by atoms with Gasteiger partial charge in [0.05, 0.1) is 23.9 Å². The van der Waals surface area contributed by atoms with Gasteiger partial charge < -0.3 is 10.1 Å². The van der Waals surface area contributed by atoms with E-state index in [1.165, 1.54) is 0 Å². The van der Waals surface area contributed by atoms with Gasteiger partial charge in [0.15, 0.2) is 0 Å². The SMILES string of the molecule is CCC(C)NC(=O)c1c(C)c(-c2ccc(OC)cc2)nc2ccccc12. The number of amides is 1. The predicted molar refractivity (Wildman–Crippen MR) is 106 cm³/mol. The summed E-state index contributed by atoms with van der Waals surface area (Å²) in [6.45, 7) is 6.04. The number of aromatic nitrogens is 1. The zero-order valence-corrected chi connectivity index (χ0v) is 15.7. The van der Waals surface area contributed by atoms with Crippen molar-refractivity contribution in [3.05, 3.63) is 59.7 Å². The maximum atomic E-state index is 13.0. The molecular weight excluding hydrogens is 324 g/mol. The predicted octanol–water partition coefficient (Wildman–Crippen LogP) is 4.75. The number of carbonyl (C=O) groups excluding carboxylic acids is 1.